The summed E-state index contributed by atoms with van der Waals surface area (Å²) in [5.74, 6) is 0.683. The Bertz CT molecular complexity index is 595. The lowest BCUT2D eigenvalue weighted by Gasteiger charge is -2.30. The van der Waals surface area contributed by atoms with Crippen LogP contribution in [0.4, 0.5) is 0 Å². The molecule has 0 aromatic carbocycles. The Hall–Kier alpha value is -0.436. The van der Waals surface area contributed by atoms with Crippen molar-refractivity contribution < 1.29 is 22.8 Å². The van der Waals surface area contributed by atoms with Gasteiger partial charge in [0.25, 0.3) is 5.95 Å². The van der Waals surface area contributed by atoms with Crippen molar-refractivity contribution in [3.05, 3.63) is 23.0 Å². The smallest absolute Gasteiger partial charge is 0.283 e. The fourth-order valence-corrected chi connectivity index (χ4v) is 7.88. The summed E-state index contributed by atoms with van der Waals surface area (Å²) in [5, 5.41) is 1.98. The van der Waals surface area contributed by atoms with Crippen LogP contribution in [0.5, 0.6) is 0 Å². The van der Waals surface area contributed by atoms with Gasteiger partial charge in [0.2, 0.25) is 25.0 Å². The minimum absolute atomic E-state index is 0.115. The SMILES string of the molecule is C[SiH2]C(=COC(C)(C)C)OC(C)(C)C.C[Si](C)(C)OC([SiH3])=C(O[Si](C)(C)C)O[Si](C)(C)C. The second-order valence-electron chi connectivity index (χ2n) is 12.9. The molecule has 0 unspecified atom stereocenters. The van der Waals surface area contributed by atoms with Gasteiger partial charge >= 0.3 is 0 Å². The zero-order valence-electron chi connectivity index (χ0n) is 24.3. The molecule has 10 heteroatoms. The van der Waals surface area contributed by atoms with Crippen molar-refractivity contribution in [1.29, 1.82) is 0 Å². The van der Waals surface area contributed by atoms with Crippen molar-refractivity contribution in [2.45, 2.75) is 118 Å². The molecule has 0 spiro atoms. The highest BCUT2D eigenvalue weighted by Crippen LogP contribution is 2.22. The zero-order chi connectivity index (χ0) is 26.2. The fourth-order valence-electron chi connectivity index (χ4n) is 2.04. The van der Waals surface area contributed by atoms with E-state index in [0.717, 1.165) is 21.0 Å². The van der Waals surface area contributed by atoms with Gasteiger partial charge in [-0.25, -0.2) is 0 Å². The minimum Gasteiger partial charge on any atom is -0.547 e. The molecule has 0 N–H and O–H groups in total. The molecule has 0 bridgehead atoms. The van der Waals surface area contributed by atoms with E-state index >= 15 is 0 Å². The molecule has 32 heavy (non-hydrogen) atoms. The molecular weight excluding hydrogens is 485 g/mol. The Morgan fingerprint density at radius 2 is 1.06 bits per heavy atom. The summed E-state index contributed by atoms with van der Waals surface area (Å²) in [5.41, 5.74) is -0.244. The first-order valence-corrected chi connectivity index (χ1v) is 25.0. The predicted molar refractivity (Wildman–Crippen MR) is 154 cm³/mol. The van der Waals surface area contributed by atoms with Crippen molar-refractivity contribution >= 4 is 44.7 Å². The van der Waals surface area contributed by atoms with E-state index in [9.17, 15) is 0 Å². The highest BCUT2D eigenvalue weighted by atomic mass is 28.4. The van der Waals surface area contributed by atoms with Crippen molar-refractivity contribution in [3.63, 3.8) is 0 Å². The molecule has 0 aliphatic heterocycles. The summed E-state index contributed by atoms with van der Waals surface area (Å²) < 4.78 is 29.6. The van der Waals surface area contributed by atoms with E-state index < -0.39 is 25.0 Å². The van der Waals surface area contributed by atoms with Crippen LogP contribution in [0.1, 0.15) is 41.5 Å². The van der Waals surface area contributed by atoms with Crippen molar-refractivity contribution in [2.75, 3.05) is 0 Å². The average Bonchev–Trinajstić information content (AvgIpc) is 2.45. The van der Waals surface area contributed by atoms with Crippen LogP contribution in [0.15, 0.2) is 23.0 Å². The van der Waals surface area contributed by atoms with E-state index in [-0.39, 0.29) is 20.7 Å². The molecule has 0 rings (SSSR count). The molecule has 0 aromatic heterocycles. The third-order valence-corrected chi connectivity index (χ3v) is 7.42. The van der Waals surface area contributed by atoms with Crippen LogP contribution in [-0.2, 0) is 22.8 Å². The van der Waals surface area contributed by atoms with Gasteiger partial charge in [-0.15, -0.1) is 0 Å². The van der Waals surface area contributed by atoms with Crippen molar-refractivity contribution in [2.24, 2.45) is 0 Å². The molecule has 0 aliphatic rings. The van der Waals surface area contributed by atoms with Crippen molar-refractivity contribution in [3.8, 4) is 0 Å². The lowest BCUT2D eigenvalue weighted by molar-refractivity contribution is 0.0359. The van der Waals surface area contributed by atoms with Gasteiger partial charge in [0.1, 0.15) is 26.5 Å². The topological polar surface area (TPSA) is 46.2 Å². The van der Waals surface area contributed by atoms with E-state index in [0.29, 0.717) is 5.95 Å². The quantitative estimate of drug-likeness (QED) is 0.280. The summed E-state index contributed by atoms with van der Waals surface area (Å²) in [6.07, 6.45) is 1.79. The molecule has 0 aromatic rings. The molecule has 0 heterocycles. The van der Waals surface area contributed by atoms with E-state index in [2.05, 4.69) is 86.2 Å². The van der Waals surface area contributed by atoms with E-state index in [1.807, 2.05) is 20.8 Å². The third-order valence-electron chi connectivity index (χ3n) is 2.87. The first-order chi connectivity index (χ1) is 13.8. The fraction of sp³-hybridized carbons (Fsp3) is 0.818. The van der Waals surface area contributed by atoms with E-state index in [1.165, 1.54) is 0 Å². The molecule has 5 nitrogen and oxygen atoms in total. The number of hydrogen-bond acceptors (Lipinski definition) is 5. The van der Waals surface area contributed by atoms with Gasteiger partial charge in [0.15, 0.2) is 0 Å². The highest BCUT2D eigenvalue weighted by Gasteiger charge is 2.27. The van der Waals surface area contributed by atoms with Gasteiger partial charge < -0.3 is 22.8 Å². The Morgan fingerprint density at radius 3 is 1.31 bits per heavy atom. The maximum atomic E-state index is 6.08. The molecule has 0 amide bonds. The van der Waals surface area contributed by atoms with E-state index in [4.69, 9.17) is 22.8 Å². The first-order valence-electron chi connectivity index (χ1n) is 11.7. The van der Waals surface area contributed by atoms with Crippen LogP contribution < -0.4 is 0 Å². The zero-order valence-corrected chi connectivity index (χ0v) is 30.7. The molecule has 0 saturated heterocycles. The van der Waals surface area contributed by atoms with Crippen LogP contribution in [0.2, 0.25) is 65.5 Å². The van der Waals surface area contributed by atoms with Gasteiger partial charge in [-0.3, -0.25) is 0 Å². The number of hydrogen-bond donors (Lipinski definition) is 0. The lowest BCUT2D eigenvalue weighted by atomic mass is 10.2. The molecule has 192 valence electrons. The van der Waals surface area contributed by atoms with Crippen LogP contribution in [0.25, 0.3) is 0 Å². The van der Waals surface area contributed by atoms with Gasteiger partial charge in [0.05, 0.1) is 21.4 Å². The molecule has 0 fully saturated rings. The molecule has 0 saturated carbocycles. The van der Waals surface area contributed by atoms with Crippen LogP contribution in [0.3, 0.4) is 0 Å². The first kappa shape index (κ1) is 33.7. The predicted octanol–water partition coefficient (Wildman–Crippen LogP) is 5.67. The monoisotopic (exact) mass is 538 g/mol. The summed E-state index contributed by atoms with van der Waals surface area (Å²) >= 11 is 0. The second kappa shape index (κ2) is 12.9. The van der Waals surface area contributed by atoms with Crippen LogP contribution in [0, 0.1) is 0 Å². The molecular formula is C22H54O5Si5. The van der Waals surface area contributed by atoms with Gasteiger partial charge in [-0.1, -0.05) is 6.55 Å². The number of rotatable bonds is 9. The highest BCUT2D eigenvalue weighted by molar-refractivity contribution is 6.72. The second-order valence-corrected chi connectivity index (χ2v) is 28.5. The summed E-state index contributed by atoms with van der Waals surface area (Å²) in [4.78, 5) is 0. The molecule has 0 radical (unpaired) electrons. The standard InChI is InChI=1S/C11H30O3Si4.C11H24O2Si/c1-16(2,3)12-10(13-17(4,5)6)11(15)14-18(7,8)9;1-10(2,3)12-8-9(14-7)13-11(4,5)6/h1-9,15H3;8H,14H2,1-7H3. The van der Waals surface area contributed by atoms with Crippen molar-refractivity contribution in [1.82, 2.24) is 0 Å². The van der Waals surface area contributed by atoms with Crippen LogP contribution >= 0.6 is 0 Å². The summed E-state index contributed by atoms with van der Waals surface area (Å²) in [6, 6.07) is 0. The summed E-state index contributed by atoms with van der Waals surface area (Å²) in [6.45, 7) is 34.1. The van der Waals surface area contributed by atoms with Gasteiger partial charge in [-0.05, 0) is 100 Å². The maximum Gasteiger partial charge on any atom is 0.283 e. The normalized spacial score (nSPS) is 13.9. The lowest BCUT2D eigenvalue weighted by Crippen LogP contribution is -2.34. The number of ether oxygens (including phenoxy) is 2. The molecule has 0 aliphatic carbocycles. The Kier molecular flexibility index (Phi) is 13.6. The largest absolute Gasteiger partial charge is 0.547 e. The maximum absolute atomic E-state index is 6.08. The third kappa shape index (κ3) is 24.2. The Balaban J connectivity index is 0. The summed E-state index contributed by atoms with van der Waals surface area (Å²) in [7, 11) is -4.39. The van der Waals surface area contributed by atoms with E-state index in [1.54, 1.807) is 6.26 Å². The average molecular weight is 539 g/mol. The van der Waals surface area contributed by atoms with Gasteiger partial charge in [0, 0.05) is 0 Å². The van der Waals surface area contributed by atoms with Gasteiger partial charge in [-0.2, -0.15) is 0 Å². The Morgan fingerprint density at radius 1 is 0.688 bits per heavy atom. The molecule has 0 atom stereocenters. The Labute approximate surface area is 208 Å². The van der Waals surface area contributed by atoms with Crippen LogP contribution in [-0.4, -0.2) is 55.9 Å². The minimum atomic E-state index is -1.66.